The normalized spacial score (nSPS) is 16.1. The second-order valence-corrected chi connectivity index (χ2v) is 7.94. The van der Waals surface area contributed by atoms with Crippen LogP contribution in [-0.2, 0) is 6.42 Å². The Morgan fingerprint density at radius 2 is 1.79 bits per heavy atom. The zero-order chi connectivity index (χ0) is 20.5. The lowest BCUT2D eigenvalue weighted by atomic mass is 9.94. The molecule has 1 aliphatic heterocycles. The van der Waals surface area contributed by atoms with Gasteiger partial charge in [0.05, 0.1) is 31.7 Å². The Labute approximate surface area is 174 Å². The van der Waals surface area contributed by atoms with E-state index in [0.29, 0.717) is 11.5 Å². The Balaban J connectivity index is 1.93. The molecule has 2 heterocycles. The Morgan fingerprint density at radius 1 is 1.10 bits per heavy atom. The summed E-state index contributed by atoms with van der Waals surface area (Å²) in [5.74, 6) is 1.40. The van der Waals surface area contributed by atoms with Crippen LogP contribution in [0.3, 0.4) is 0 Å². The number of benzene rings is 2. The molecule has 150 valence electrons. The highest BCUT2D eigenvalue weighted by molar-refractivity contribution is 7.13. The highest BCUT2D eigenvalue weighted by Crippen LogP contribution is 2.36. The van der Waals surface area contributed by atoms with Gasteiger partial charge in [-0.05, 0) is 50.1 Å². The van der Waals surface area contributed by atoms with Crippen molar-refractivity contribution in [3.05, 3.63) is 64.2 Å². The van der Waals surface area contributed by atoms with Crippen LogP contribution in [0.25, 0.3) is 0 Å². The van der Waals surface area contributed by atoms with Crippen molar-refractivity contribution >= 4 is 27.9 Å². The predicted octanol–water partition coefficient (Wildman–Crippen LogP) is 4.25. The average Bonchev–Trinajstić information content (AvgIpc) is 3.09. The van der Waals surface area contributed by atoms with Crippen LogP contribution in [0.1, 0.15) is 29.3 Å². The number of hydrazone groups is 1. The number of anilines is 2. The summed E-state index contributed by atoms with van der Waals surface area (Å²) in [6.45, 7) is 4.16. The maximum atomic E-state index is 5.91. The zero-order valence-corrected chi connectivity index (χ0v) is 17.8. The number of nitrogens with zero attached hydrogens (tertiary/aromatic N) is 3. The number of aryl methyl sites for hydroxylation is 1. The third-order valence-corrected chi connectivity index (χ3v) is 5.94. The fourth-order valence-corrected chi connectivity index (χ4v) is 4.36. The Hall–Kier alpha value is -3.06. The number of nitrogens with two attached hydrogens (primary N) is 1. The molecule has 0 radical (unpaired) electrons. The summed E-state index contributed by atoms with van der Waals surface area (Å²) in [5, 5.41) is 10.0. The van der Waals surface area contributed by atoms with Crippen LogP contribution in [0.5, 0.6) is 11.5 Å². The number of nitrogen functional groups attached to an aromatic ring is 1. The highest BCUT2D eigenvalue weighted by Gasteiger charge is 2.27. The first-order valence-electron chi connectivity index (χ1n) is 9.41. The summed E-state index contributed by atoms with van der Waals surface area (Å²) in [7, 11) is 3.30. The van der Waals surface area contributed by atoms with Gasteiger partial charge in [0.25, 0.3) is 0 Å². The topological polar surface area (TPSA) is 73.0 Å². The largest absolute Gasteiger partial charge is 0.493 e. The first-order valence-corrected chi connectivity index (χ1v) is 10.3. The monoisotopic (exact) mass is 408 g/mol. The van der Waals surface area contributed by atoms with Gasteiger partial charge in [0.1, 0.15) is 0 Å². The van der Waals surface area contributed by atoms with Crippen molar-refractivity contribution in [2.24, 2.45) is 5.10 Å². The SMILES string of the molecule is COc1cc2c(cc1OC)C(c1ccc(N)cc1)=NN(c1nc(C)cs1)C(C)C2. The molecule has 1 aromatic heterocycles. The Kier molecular flexibility index (Phi) is 5.15. The van der Waals surface area contributed by atoms with E-state index in [1.165, 1.54) is 0 Å². The van der Waals surface area contributed by atoms with Gasteiger partial charge in [0, 0.05) is 22.2 Å². The van der Waals surface area contributed by atoms with Crippen molar-refractivity contribution in [3.8, 4) is 11.5 Å². The first-order chi connectivity index (χ1) is 14.0. The lowest BCUT2D eigenvalue weighted by Gasteiger charge is -2.22. The number of methoxy groups -OCH3 is 2. The van der Waals surface area contributed by atoms with E-state index in [1.54, 1.807) is 25.6 Å². The molecule has 6 nitrogen and oxygen atoms in total. The van der Waals surface area contributed by atoms with Gasteiger partial charge >= 0.3 is 0 Å². The van der Waals surface area contributed by atoms with Crippen molar-refractivity contribution in [1.29, 1.82) is 0 Å². The van der Waals surface area contributed by atoms with Crippen molar-refractivity contribution in [2.75, 3.05) is 25.0 Å². The maximum Gasteiger partial charge on any atom is 0.206 e. The van der Waals surface area contributed by atoms with Crippen LogP contribution < -0.4 is 20.2 Å². The van der Waals surface area contributed by atoms with Gasteiger partial charge in [-0.3, -0.25) is 0 Å². The molecule has 0 aliphatic carbocycles. The Morgan fingerprint density at radius 3 is 2.41 bits per heavy atom. The van der Waals surface area contributed by atoms with Crippen molar-refractivity contribution in [3.63, 3.8) is 0 Å². The number of aromatic nitrogens is 1. The van der Waals surface area contributed by atoms with Gasteiger partial charge in [-0.2, -0.15) is 5.10 Å². The molecular weight excluding hydrogens is 384 g/mol. The van der Waals surface area contributed by atoms with Gasteiger partial charge in [-0.25, -0.2) is 9.99 Å². The molecule has 0 saturated heterocycles. The van der Waals surface area contributed by atoms with Gasteiger partial charge in [0.15, 0.2) is 11.5 Å². The molecule has 1 unspecified atom stereocenters. The average molecular weight is 409 g/mol. The fourth-order valence-electron chi connectivity index (χ4n) is 3.51. The summed E-state index contributed by atoms with van der Waals surface area (Å²) in [5.41, 5.74) is 11.6. The van der Waals surface area contributed by atoms with E-state index in [2.05, 4.69) is 11.9 Å². The van der Waals surface area contributed by atoms with Crippen LogP contribution in [0.4, 0.5) is 10.8 Å². The van der Waals surface area contributed by atoms with E-state index < -0.39 is 0 Å². The van der Waals surface area contributed by atoms with Crippen molar-refractivity contribution in [1.82, 2.24) is 4.98 Å². The molecule has 2 aromatic carbocycles. The molecule has 2 N–H and O–H groups in total. The van der Waals surface area contributed by atoms with Crippen LogP contribution >= 0.6 is 11.3 Å². The smallest absolute Gasteiger partial charge is 0.206 e. The molecule has 0 fully saturated rings. The number of hydrogen-bond acceptors (Lipinski definition) is 7. The third kappa shape index (κ3) is 3.65. The summed E-state index contributed by atoms with van der Waals surface area (Å²) < 4.78 is 11.1. The number of fused-ring (bicyclic) bond motifs is 1. The number of thiazole rings is 1. The summed E-state index contributed by atoms with van der Waals surface area (Å²) in [6.07, 6.45) is 0.802. The molecule has 0 spiro atoms. The molecule has 1 atom stereocenters. The molecule has 3 aromatic rings. The number of rotatable bonds is 4. The minimum atomic E-state index is 0.128. The van der Waals surface area contributed by atoms with Crippen LogP contribution in [0, 0.1) is 6.92 Å². The molecule has 29 heavy (non-hydrogen) atoms. The molecule has 0 bridgehead atoms. The van der Waals surface area contributed by atoms with Crippen LogP contribution in [0.2, 0.25) is 0 Å². The summed E-state index contributed by atoms with van der Waals surface area (Å²) in [4.78, 5) is 4.67. The quantitative estimate of drug-likeness (QED) is 0.653. The molecule has 0 amide bonds. The van der Waals surface area contributed by atoms with E-state index in [4.69, 9.17) is 20.3 Å². The molecule has 7 heteroatoms. The molecule has 0 saturated carbocycles. The van der Waals surface area contributed by atoms with E-state index in [0.717, 1.165) is 45.3 Å². The third-order valence-electron chi connectivity index (χ3n) is 4.99. The molecule has 4 rings (SSSR count). The van der Waals surface area contributed by atoms with Crippen LogP contribution in [-0.4, -0.2) is 31.0 Å². The first kappa shape index (κ1) is 19.3. The van der Waals surface area contributed by atoms with Crippen LogP contribution in [0.15, 0.2) is 46.9 Å². The number of ether oxygens (including phenoxy) is 2. The minimum Gasteiger partial charge on any atom is -0.493 e. The van der Waals surface area contributed by atoms with Gasteiger partial charge in [-0.15, -0.1) is 11.3 Å². The predicted molar refractivity (Wildman–Crippen MR) is 119 cm³/mol. The van der Waals surface area contributed by atoms with Crippen molar-refractivity contribution in [2.45, 2.75) is 26.3 Å². The second-order valence-electron chi connectivity index (χ2n) is 7.10. The highest BCUT2D eigenvalue weighted by atomic mass is 32.1. The van der Waals surface area contributed by atoms with Gasteiger partial charge in [0.2, 0.25) is 5.13 Å². The second kappa shape index (κ2) is 7.75. The van der Waals surface area contributed by atoms with E-state index in [1.807, 2.05) is 53.7 Å². The summed E-state index contributed by atoms with van der Waals surface area (Å²) >= 11 is 1.60. The maximum absolute atomic E-state index is 5.91. The summed E-state index contributed by atoms with van der Waals surface area (Å²) in [6, 6.07) is 12.0. The number of hydrogen-bond donors (Lipinski definition) is 1. The van der Waals surface area contributed by atoms with Crippen molar-refractivity contribution < 1.29 is 9.47 Å². The molecule has 1 aliphatic rings. The van der Waals surface area contributed by atoms with E-state index >= 15 is 0 Å². The lowest BCUT2D eigenvalue weighted by molar-refractivity contribution is 0.354. The van der Waals surface area contributed by atoms with E-state index in [-0.39, 0.29) is 6.04 Å². The molecular formula is C22H24N4O2S. The van der Waals surface area contributed by atoms with Gasteiger partial charge < -0.3 is 15.2 Å². The van der Waals surface area contributed by atoms with E-state index in [9.17, 15) is 0 Å². The van der Waals surface area contributed by atoms with Gasteiger partial charge in [-0.1, -0.05) is 12.1 Å². The zero-order valence-electron chi connectivity index (χ0n) is 17.0. The Bertz CT molecular complexity index is 1060. The lowest BCUT2D eigenvalue weighted by Crippen LogP contribution is -2.29. The standard InChI is InChI=1S/C22H24N4O2S/c1-13-12-29-22(24-13)26-14(2)9-16-10-19(27-3)20(28-4)11-18(16)21(25-26)15-5-7-17(23)8-6-15/h5-8,10-12,14H,9,23H2,1-4H3. The fraction of sp³-hybridized carbons (Fsp3) is 0.273. The minimum absolute atomic E-state index is 0.128.